The molecule has 200 valence electrons. The van der Waals surface area contributed by atoms with Gasteiger partial charge in [0.2, 0.25) is 11.8 Å². The molecule has 0 bridgehead atoms. The van der Waals surface area contributed by atoms with Gasteiger partial charge in [0.15, 0.2) is 5.78 Å². The number of ketones is 1. The number of thiol groups is 1. The van der Waals surface area contributed by atoms with Crippen molar-refractivity contribution < 1.29 is 18.8 Å². The molecule has 0 saturated carbocycles. The Kier molecular flexibility index (Phi) is 17.3. The summed E-state index contributed by atoms with van der Waals surface area (Å²) in [6.07, 6.45) is 5.00. The zero-order chi connectivity index (χ0) is 26.1. The minimum absolute atomic E-state index is 0.0466. The average molecular weight is 625 g/mol. The Labute approximate surface area is 228 Å². The summed E-state index contributed by atoms with van der Waals surface area (Å²) in [5.41, 5.74) is 16.9. The first-order chi connectivity index (χ1) is 16.8. The standard InChI is InChI=1S/C23H41IN6O4S/c24-30(10-4-2-8-26)17-23(33)28(9-3-1-7-25)16-22(32)29(15-21-6-5-11-34-21)14-20(31)12-19(13-27)18-35/h5-6,11,19,35H,1-4,7-10,12-18,25-27H2. The summed E-state index contributed by atoms with van der Waals surface area (Å²) in [5, 5.41) is 0. The molecule has 0 radical (unpaired) electrons. The molecule has 0 fully saturated rings. The zero-order valence-electron chi connectivity index (χ0n) is 20.4. The monoisotopic (exact) mass is 624 g/mol. The molecule has 35 heavy (non-hydrogen) atoms. The van der Waals surface area contributed by atoms with E-state index in [2.05, 4.69) is 35.5 Å². The summed E-state index contributed by atoms with van der Waals surface area (Å²) in [6.45, 7) is 2.79. The molecule has 0 aliphatic rings. The van der Waals surface area contributed by atoms with E-state index in [1.165, 1.54) is 11.2 Å². The van der Waals surface area contributed by atoms with Gasteiger partial charge in [0.1, 0.15) is 5.76 Å². The fraction of sp³-hybridized carbons (Fsp3) is 0.696. The summed E-state index contributed by atoms with van der Waals surface area (Å²) in [4.78, 5) is 42.1. The molecule has 1 atom stereocenters. The van der Waals surface area contributed by atoms with Gasteiger partial charge in [0, 0.05) is 42.4 Å². The van der Waals surface area contributed by atoms with Crippen molar-refractivity contribution in [2.75, 3.05) is 58.1 Å². The summed E-state index contributed by atoms with van der Waals surface area (Å²) in [6, 6.07) is 3.48. The molecule has 0 aliphatic carbocycles. The van der Waals surface area contributed by atoms with E-state index in [-0.39, 0.29) is 56.1 Å². The predicted octanol–water partition coefficient (Wildman–Crippen LogP) is 1.03. The Hall–Kier alpha value is -1.19. The third-order valence-electron chi connectivity index (χ3n) is 5.48. The smallest absolute Gasteiger partial charge is 0.243 e. The van der Waals surface area contributed by atoms with Crippen molar-refractivity contribution >= 4 is 53.1 Å². The molecule has 10 nitrogen and oxygen atoms in total. The van der Waals surface area contributed by atoms with E-state index in [1.54, 1.807) is 17.0 Å². The second-order valence-corrected chi connectivity index (χ2v) is 10.2. The van der Waals surface area contributed by atoms with Crippen LogP contribution in [-0.2, 0) is 20.9 Å². The third-order valence-corrected chi connectivity index (χ3v) is 6.82. The van der Waals surface area contributed by atoms with Crippen molar-refractivity contribution in [2.24, 2.45) is 23.1 Å². The van der Waals surface area contributed by atoms with Gasteiger partial charge in [-0.15, -0.1) is 0 Å². The number of furan rings is 1. The van der Waals surface area contributed by atoms with Crippen LogP contribution in [0.5, 0.6) is 0 Å². The van der Waals surface area contributed by atoms with Gasteiger partial charge in [-0.1, -0.05) is 0 Å². The van der Waals surface area contributed by atoms with E-state index in [0.717, 1.165) is 25.8 Å². The maximum Gasteiger partial charge on any atom is 0.243 e. The lowest BCUT2D eigenvalue weighted by Crippen LogP contribution is -2.46. The van der Waals surface area contributed by atoms with Gasteiger partial charge in [-0.25, -0.2) is 3.11 Å². The van der Waals surface area contributed by atoms with Crippen LogP contribution in [0.15, 0.2) is 22.8 Å². The van der Waals surface area contributed by atoms with Crippen LogP contribution in [0.25, 0.3) is 0 Å². The number of carbonyl (C=O) groups is 3. The first-order valence-electron chi connectivity index (χ1n) is 12.1. The van der Waals surface area contributed by atoms with Crippen LogP contribution in [0.1, 0.15) is 37.9 Å². The van der Waals surface area contributed by atoms with E-state index in [0.29, 0.717) is 44.1 Å². The topological polar surface area (TPSA) is 152 Å². The highest BCUT2D eigenvalue weighted by Crippen LogP contribution is 2.11. The molecule has 0 saturated heterocycles. The van der Waals surface area contributed by atoms with Crippen LogP contribution < -0.4 is 17.2 Å². The van der Waals surface area contributed by atoms with Gasteiger partial charge in [0.05, 0.1) is 32.4 Å². The normalized spacial score (nSPS) is 12.1. The highest BCUT2D eigenvalue weighted by atomic mass is 127. The lowest BCUT2D eigenvalue weighted by atomic mass is 10.0. The van der Waals surface area contributed by atoms with Crippen molar-refractivity contribution in [2.45, 2.75) is 38.6 Å². The van der Waals surface area contributed by atoms with Gasteiger partial charge >= 0.3 is 0 Å². The van der Waals surface area contributed by atoms with Crippen LogP contribution in [0, 0.1) is 5.92 Å². The fourth-order valence-electron chi connectivity index (χ4n) is 3.40. The molecule has 1 aromatic rings. The minimum atomic E-state index is -0.311. The van der Waals surface area contributed by atoms with Crippen molar-refractivity contribution in [1.29, 1.82) is 0 Å². The molecular weight excluding hydrogens is 583 g/mol. The predicted molar refractivity (Wildman–Crippen MR) is 149 cm³/mol. The van der Waals surface area contributed by atoms with E-state index < -0.39 is 0 Å². The molecule has 0 aromatic carbocycles. The number of rotatable bonds is 20. The van der Waals surface area contributed by atoms with Crippen LogP contribution in [-0.4, -0.2) is 88.6 Å². The Morgan fingerprint density at radius 3 is 2.17 bits per heavy atom. The second kappa shape index (κ2) is 19.0. The van der Waals surface area contributed by atoms with E-state index in [1.807, 2.05) is 3.11 Å². The molecule has 1 aromatic heterocycles. The summed E-state index contributed by atoms with van der Waals surface area (Å²) < 4.78 is 7.31. The van der Waals surface area contributed by atoms with Crippen molar-refractivity contribution in [3.63, 3.8) is 0 Å². The lowest BCUT2D eigenvalue weighted by Gasteiger charge is -2.28. The number of hydrogen-bond acceptors (Lipinski definition) is 9. The number of Topliss-reactive ketones (excluding diaryl/α,β-unsaturated/α-hetero) is 1. The maximum absolute atomic E-state index is 13.3. The SMILES string of the molecule is NCCCCN(I)CC(=O)N(CCCCN)CC(=O)N(CC(=O)CC(CN)CS)Cc1ccco1. The first-order valence-corrected chi connectivity index (χ1v) is 13.7. The number of halogens is 1. The molecule has 1 unspecified atom stereocenters. The van der Waals surface area contributed by atoms with E-state index in [9.17, 15) is 14.4 Å². The Morgan fingerprint density at radius 1 is 0.943 bits per heavy atom. The molecule has 1 rings (SSSR count). The number of nitrogens with zero attached hydrogens (tertiary/aromatic N) is 3. The van der Waals surface area contributed by atoms with Crippen LogP contribution in [0.2, 0.25) is 0 Å². The van der Waals surface area contributed by atoms with Gasteiger partial charge < -0.3 is 31.4 Å². The van der Waals surface area contributed by atoms with E-state index >= 15 is 0 Å². The number of nitrogens with two attached hydrogens (primary N) is 3. The van der Waals surface area contributed by atoms with Gasteiger partial charge in [-0.05, 0) is 69.1 Å². The first kappa shape index (κ1) is 31.8. The molecule has 1 heterocycles. The van der Waals surface area contributed by atoms with Crippen molar-refractivity contribution in [3.05, 3.63) is 24.2 Å². The molecule has 2 amide bonds. The molecule has 0 aliphatic heterocycles. The molecule has 12 heteroatoms. The van der Waals surface area contributed by atoms with Crippen LogP contribution in [0.4, 0.5) is 0 Å². The average Bonchev–Trinajstić information content (AvgIpc) is 3.34. The number of unbranched alkanes of at least 4 members (excludes halogenated alkanes) is 2. The van der Waals surface area contributed by atoms with Crippen LogP contribution >= 0.6 is 35.5 Å². The quantitative estimate of drug-likeness (QED) is 0.0727. The summed E-state index contributed by atoms with van der Waals surface area (Å²) >= 11 is 6.37. The van der Waals surface area contributed by atoms with Crippen molar-refractivity contribution in [3.8, 4) is 0 Å². The summed E-state index contributed by atoms with van der Waals surface area (Å²) in [5.74, 6) is 0.461. The molecular formula is C23H41IN6O4S. The summed E-state index contributed by atoms with van der Waals surface area (Å²) in [7, 11) is 0. The Bertz CT molecular complexity index is 736. The minimum Gasteiger partial charge on any atom is -0.467 e. The number of hydrogen-bond donors (Lipinski definition) is 4. The van der Waals surface area contributed by atoms with E-state index in [4.69, 9.17) is 21.6 Å². The van der Waals surface area contributed by atoms with Gasteiger partial charge in [0.25, 0.3) is 0 Å². The molecule has 0 spiro atoms. The Balaban J connectivity index is 2.89. The number of amides is 2. The molecule has 6 N–H and O–H groups in total. The van der Waals surface area contributed by atoms with Crippen molar-refractivity contribution in [1.82, 2.24) is 12.9 Å². The largest absolute Gasteiger partial charge is 0.467 e. The highest BCUT2D eigenvalue weighted by Gasteiger charge is 2.25. The second-order valence-electron chi connectivity index (χ2n) is 8.51. The van der Waals surface area contributed by atoms with Gasteiger partial charge in [-0.3, -0.25) is 14.4 Å². The fourth-order valence-corrected chi connectivity index (χ4v) is 4.31. The number of carbonyl (C=O) groups excluding carboxylic acids is 3. The zero-order valence-corrected chi connectivity index (χ0v) is 23.5. The lowest BCUT2D eigenvalue weighted by molar-refractivity contribution is -0.142. The van der Waals surface area contributed by atoms with Gasteiger partial charge in [-0.2, -0.15) is 12.6 Å². The van der Waals surface area contributed by atoms with Crippen LogP contribution in [0.3, 0.4) is 0 Å². The maximum atomic E-state index is 13.3. The highest BCUT2D eigenvalue weighted by molar-refractivity contribution is 14.1. The third kappa shape index (κ3) is 13.6. The Morgan fingerprint density at radius 2 is 1.60 bits per heavy atom.